The van der Waals surface area contributed by atoms with Gasteiger partial charge in [0.1, 0.15) is 0 Å². The second-order valence-corrected chi connectivity index (χ2v) is 6.57. The number of amides is 1. The van der Waals surface area contributed by atoms with Crippen molar-refractivity contribution in [1.82, 2.24) is 10.6 Å². The number of rotatable bonds is 3. The van der Waals surface area contributed by atoms with Crippen molar-refractivity contribution < 1.29 is 4.79 Å². The standard InChI is InChI=1S/C18H26N2O/c1-13-6-2-4-8-15(13)18(21)20-12-17-16-9-5-3-7-14(16)10-11-19-17/h3,5,7,9,13,15,17,19H,2,4,6,8,10-12H2,1H3,(H,20,21). The van der Waals surface area contributed by atoms with Crippen LogP contribution in [0.3, 0.4) is 0 Å². The topological polar surface area (TPSA) is 41.1 Å². The largest absolute Gasteiger partial charge is 0.354 e. The Labute approximate surface area is 127 Å². The van der Waals surface area contributed by atoms with Crippen molar-refractivity contribution in [3.8, 4) is 0 Å². The molecular formula is C18H26N2O. The summed E-state index contributed by atoms with van der Waals surface area (Å²) >= 11 is 0. The number of nitrogens with one attached hydrogen (secondary N) is 2. The predicted octanol–water partition coefficient (Wildman–Crippen LogP) is 2.82. The molecule has 0 bridgehead atoms. The van der Waals surface area contributed by atoms with Gasteiger partial charge in [-0.05, 0) is 42.9 Å². The molecule has 0 spiro atoms. The van der Waals surface area contributed by atoms with Crippen LogP contribution in [0.4, 0.5) is 0 Å². The van der Waals surface area contributed by atoms with Gasteiger partial charge in [-0.2, -0.15) is 0 Å². The minimum Gasteiger partial charge on any atom is -0.354 e. The third-order valence-corrected chi connectivity index (χ3v) is 5.14. The smallest absolute Gasteiger partial charge is 0.223 e. The molecule has 3 unspecified atom stereocenters. The maximum atomic E-state index is 12.4. The summed E-state index contributed by atoms with van der Waals surface area (Å²) in [5.41, 5.74) is 2.77. The lowest BCUT2D eigenvalue weighted by atomic mass is 9.80. The first kappa shape index (κ1) is 14.6. The van der Waals surface area contributed by atoms with E-state index >= 15 is 0 Å². The van der Waals surface area contributed by atoms with Crippen LogP contribution in [0.2, 0.25) is 0 Å². The van der Waals surface area contributed by atoms with Gasteiger partial charge in [0.25, 0.3) is 0 Å². The molecule has 2 aliphatic rings. The first-order valence-corrected chi connectivity index (χ1v) is 8.34. The number of carbonyl (C=O) groups excluding carboxylic acids is 1. The Balaban J connectivity index is 1.59. The van der Waals surface area contributed by atoms with Gasteiger partial charge in [0.05, 0.1) is 0 Å². The highest BCUT2D eigenvalue weighted by atomic mass is 16.1. The zero-order valence-electron chi connectivity index (χ0n) is 12.9. The minimum absolute atomic E-state index is 0.220. The summed E-state index contributed by atoms with van der Waals surface area (Å²) < 4.78 is 0. The molecule has 21 heavy (non-hydrogen) atoms. The van der Waals surface area contributed by atoms with E-state index in [-0.39, 0.29) is 17.9 Å². The maximum Gasteiger partial charge on any atom is 0.223 e. The van der Waals surface area contributed by atoms with E-state index in [1.54, 1.807) is 0 Å². The molecule has 1 aromatic rings. The summed E-state index contributed by atoms with van der Waals surface area (Å²) in [4.78, 5) is 12.4. The van der Waals surface area contributed by atoms with Crippen molar-refractivity contribution in [2.75, 3.05) is 13.1 Å². The SMILES string of the molecule is CC1CCCCC1C(=O)NCC1NCCc2ccccc21. The van der Waals surface area contributed by atoms with Crippen LogP contribution in [-0.2, 0) is 11.2 Å². The molecule has 0 radical (unpaired) electrons. The van der Waals surface area contributed by atoms with Crippen molar-refractivity contribution in [2.24, 2.45) is 11.8 Å². The minimum atomic E-state index is 0.220. The molecule has 1 saturated carbocycles. The van der Waals surface area contributed by atoms with E-state index in [4.69, 9.17) is 0 Å². The molecule has 1 aliphatic carbocycles. The number of carbonyl (C=O) groups is 1. The summed E-state index contributed by atoms with van der Waals surface area (Å²) in [5.74, 6) is 1.01. The van der Waals surface area contributed by atoms with E-state index in [0.29, 0.717) is 12.5 Å². The number of benzene rings is 1. The molecule has 1 fully saturated rings. The zero-order chi connectivity index (χ0) is 14.7. The van der Waals surface area contributed by atoms with Crippen LogP contribution in [0, 0.1) is 11.8 Å². The molecule has 3 rings (SSSR count). The number of hydrogen-bond acceptors (Lipinski definition) is 2. The van der Waals surface area contributed by atoms with Crippen LogP contribution in [0.25, 0.3) is 0 Å². The van der Waals surface area contributed by atoms with Crippen LogP contribution in [0.5, 0.6) is 0 Å². The van der Waals surface area contributed by atoms with Crippen molar-refractivity contribution in [3.05, 3.63) is 35.4 Å². The fourth-order valence-corrected chi connectivity index (χ4v) is 3.81. The molecule has 1 aliphatic heterocycles. The second kappa shape index (κ2) is 6.61. The van der Waals surface area contributed by atoms with Gasteiger partial charge in [-0.15, -0.1) is 0 Å². The fourth-order valence-electron chi connectivity index (χ4n) is 3.81. The highest BCUT2D eigenvalue weighted by Gasteiger charge is 2.28. The maximum absolute atomic E-state index is 12.4. The molecule has 0 aromatic heterocycles. The van der Waals surface area contributed by atoms with Gasteiger partial charge in [-0.1, -0.05) is 44.0 Å². The molecule has 3 heteroatoms. The average molecular weight is 286 g/mol. The van der Waals surface area contributed by atoms with Crippen LogP contribution in [0.15, 0.2) is 24.3 Å². The van der Waals surface area contributed by atoms with Crippen molar-refractivity contribution in [1.29, 1.82) is 0 Å². The Bertz CT molecular complexity index is 500. The molecule has 1 heterocycles. The molecule has 114 valence electrons. The van der Waals surface area contributed by atoms with Crippen LogP contribution < -0.4 is 10.6 Å². The second-order valence-electron chi connectivity index (χ2n) is 6.57. The monoisotopic (exact) mass is 286 g/mol. The third-order valence-electron chi connectivity index (χ3n) is 5.14. The first-order chi connectivity index (χ1) is 10.3. The molecule has 1 aromatic carbocycles. The summed E-state index contributed by atoms with van der Waals surface area (Å²) in [6, 6.07) is 8.83. The zero-order valence-corrected chi connectivity index (χ0v) is 12.9. The molecule has 0 saturated heterocycles. The first-order valence-electron chi connectivity index (χ1n) is 8.34. The summed E-state index contributed by atoms with van der Waals surface area (Å²) in [6.45, 7) is 3.92. The van der Waals surface area contributed by atoms with Crippen molar-refractivity contribution in [2.45, 2.75) is 45.1 Å². The van der Waals surface area contributed by atoms with Gasteiger partial charge in [0, 0.05) is 18.5 Å². The van der Waals surface area contributed by atoms with E-state index in [1.165, 1.54) is 30.4 Å². The van der Waals surface area contributed by atoms with Gasteiger partial charge >= 0.3 is 0 Å². The highest BCUT2D eigenvalue weighted by Crippen LogP contribution is 2.30. The van der Waals surface area contributed by atoms with Gasteiger partial charge in [-0.3, -0.25) is 4.79 Å². The number of hydrogen-bond donors (Lipinski definition) is 2. The third kappa shape index (κ3) is 3.29. The Kier molecular flexibility index (Phi) is 4.59. The van der Waals surface area contributed by atoms with Crippen molar-refractivity contribution in [3.63, 3.8) is 0 Å². The fraction of sp³-hybridized carbons (Fsp3) is 0.611. The average Bonchev–Trinajstić information content (AvgIpc) is 2.53. The lowest BCUT2D eigenvalue weighted by molar-refractivity contribution is -0.127. The molecule has 2 N–H and O–H groups in total. The van der Waals surface area contributed by atoms with E-state index in [0.717, 1.165) is 19.4 Å². The predicted molar refractivity (Wildman–Crippen MR) is 85.0 cm³/mol. The van der Waals surface area contributed by atoms with Crippen LogP contribution in [-0.4, -0.2) is 19.0 Å². The summed E-state index contributed by atoms with van der Waals surface area (Å²) in [6.07, 6.45) is 5.82. The molecule has 1 amide bonds. The van der Waals surface area contributed by atoms with Crippen LogP contribution in [0.1, 0.15) is 49.8 Å². The number of fused-ring (bicyclic) bond motifs is 1. The lowest BCUT2D eigenvalue weighted by Crippen LogP contribution is -2.42. The van der Waals surface area contributed by atoms with Gasteiger partial charge in [-0.25, -0.2) is 0 Å². The molecule has 3 atom stereocenters. The normalized spacial score (nSPS) is 28.7. The quantitative estimate of drug-likeness (QED) is 0.897. The Morgan fingerprint density at radius 3 is 2.95 bits per heavy atom. The van der Waals surface area contributed by atoms with E-state index in [1.807, 2.05) is 0 Å². The summed E-state index contributed by atoms with van der Waals surface area (Å²) in [7, 11) is 0. The lowest BCUT2D eigenvalue weighted by Gasteiger charge is -2.30. The van der Waals surface area contributed by atoms with Gasteiger partial charge in [0.2, 0.25) is 5.91 Å². The molecule has 3 nitrogen and oxygen atoms in total. The van der Waals surface area contributed by atoms with Crippen LogP contribution >= 0.6 is 0 Å². The van der Waals surface area contributed by atoms with E-state index in [2.05, 4.69) is 41.8 Å². The Morgan fingerprint density at radius 1 is 1.29 bits per heavy atom. The van der Waals surface area contributed by atoms with E-state index < -0.39 is 0 Å². The van der Waals surface area contributed by atoms with Crippen molar-refractivity contribution >= 4 is 5.91 Å². The van der Waals surface area contributed by atoms with E-state index in [9.17, 15) is 4.79 Å². The highest BCUT2D eigenvalue weighted by molar-refractivity contribution is 5.79. The van der Waals surface area contributed by atoms with Gasteiger partial charge in [0.15, 0.2) is 0 Å². The summed E-state index contributed by atoms with van der Waals surface area (Å²) in [5, 5.41) is 6.72. The molecular weight excluding hydrogens is 260 g/mol. The Morgan fingerprint density at radius 2 is 2.10 bits per heavy atom. The Hall–Kier alpha value is -1.35. The van der Waals surface area contributed by atoms with Gasteiger partial charge < -0.3 is 10.6 Å².